The number of rotatable bonds is 13. The lowest BCUT2D eigenvalue weighted by molar-refractivity contribution is 0.0727. The maximum Gasteiger partial charge on any atom is 0.346 e. The van der Waals surface area contributed by atoms with Crippen LogP contribution < -0.4 is 0 Å². The minimum Gasteiger partial charge on any atom is -0.382 e. The molecule has 0 N–H and O–H groups in total. The molecule has 0 heterocycles. The Balaban J connectivity index is 5.02. The Hall–Kier alpha value is 0.207. The number of ether oxygens (including phenoxy) is 3. The predicted octanol–water partition coefficient (Wildman–Crippen LogP) is 2.76. The molecule has 0 unspecified atom stereocenters. The molecule has 0 spiro atoms. The number of methoxy groups -OCH3 is 3. The standard InChI is InChI=1S/C12H30NO6PSi/c1-14-7-10-17-20(13-21(4,5)6,18-11-8-15-2)19-12-9-16-3/h7-12H2,1-6H3. The molecule has 0 saturated heterocycles. The summed E-state index contributed by atoms with van der Waals surface area (Å²) in [5, 5.41) is 0. The maximum atomic E-state index is 5.84. The fourth-order valence-electron chi connectivity index (χ4n) is 1.27. The zero-order valence-corrected chi connectivity index (χ0v) is 16.0. The van der Waals surface area contributed by atoms with Crippen molar-refractivity contribution >= 4 is 16.0 Å². The van der Waals surface area contributed by atoms with E-state index in [1.807, 2.05) is 0 Å². The number of hydrogen-bond donors (Lipinski definition) is 0. The molecule has 0 bridgehead atoms. The SMILES string of the molecule is COCCOP(=N[Si](C)(C)C)(OCCOC)OCCOC. The number of nitrogens with zero attached hydrogens (tertiary/aromatic N) is 1. The molecule has 0 atom stereocenters. The second kappa shape index (κ2) is 11.7. The highest BCUT2D eigenvalue weighted by molar-refractivity contribution is 7.52. The Morgan fingerprint density at radius 3 is 1.24 bits per heavy atom. The third kappa shape index (κ3) is 11.4. The topological polar surface area (TPSA) is 67.7 Å². The second-order valence-corrected chi connectivity index (χ2v) is 12.1. The summed E-state index contributed by atoms with van der Waals surface area (Å²) in [5.74, 6) is 0. The van der Waals surface area contributed by atoms with Crippen LogP contribution in [0.2, 0.25) is 19.6 Å². The summed E-state index contributed by atoms with van der Waals surface area (Å²) < 4.78 is 37.3. The van der Waals surface area contributed by atoms with Gasteiger partial charge in [-0.25, -0.2) is 0 Å². The van der Waals surface area contributed by atoms with E-state index in [9.17, 15) is 0 Å². The van der Waals surface area contributed by atoms with Crippen molar-refractivity contribution in [3.8, 4) is 0 Å². The summed E-state index contributed by atoms with van der Waals surface area (Å²) in [6, 6.07) is 0. The Kier molecular flexibility index (Phi) is 11.8. The van der Waals surface area contributed by atoms with Crippen LogP contribution in [0, 0.1) is 0 Å². The van der Waals surface area contributed by atoms with E-state index in [0.717, 1.165) is 0 Å². The summed E-state index contributed by atoms with van der Waals surface area (Å²) in [4.78, 5) is 0. The first-order valence-electron chi connectivity index (χ1n) is 6.93. The average Bonchev–Trinajstić information content (AvgIpc) is 2.38. The van der Waals surface area contributed by atoms with E-state index in [-0.39, 0.29) is 0 Å². The molecule has 0 radical (unpaired) electrons. The summed E-state index contributed by atoms with van der Waals surface area (Å²) in [5.41, 5.74) is 0. The van der Waals surface area contributed by atoms with E-state index in [4.69, 9.17) is 32.2 Å². The molecule has 0 aromatic carbocycles. The van der Waals surface area contributed by atoms with Gasteiger partial charge in [-0.05, 0) is 19.6 Å². The predicted molar refractivity (Wildman–Crippen MR) is 86.2 cm³/mol. The molecule has 0 amide bonds. The van der Waals surface area contributed by atoms with Gasteiger partial charge in [0.25, 0.3) is 0 Å². The van der Waals surface area contributed by atoms with Crippen molar-refractivity contribution in [1.82, 2.24) is 0 Å². The lowest BCUT2D eigenvalue weighted by Crippen LogP contribution is -2.19. The Morgan fingerprint density at radius 2 is 1.00 bits per heavy atom. The molecule has 9 heteroatoms. The lowest BCUT2D eigenvalue weighted by atomic mass is 10.8. The van der Waals surface area contributed by atoms with Gasteiger partial charge in [0.15, 0.2) is 8.24 Å². The van der Waals surface area contributed by atoms with Crippen LogP contribution in [0.1, 0.15) is 0 Å². The molecule has 7 nitrogen and oxygen atoms in total. The lowest BCUT2D eigenvalue weighted by Gasteiger charge is -2.27. The van der Waals surface area contributed by atoms with Gasteiger partial charge in [0.05, 0.1) is 39.6 Å². The Morgan fingerprint density at radius 1 is 0.667 bits per heavy atom. The van der Waals surface area contributed by atoms with Gasteiger partial charge in [0, 0.05) is 21.3 Å². The van der Waals surface area contributed by atoms with Crippen LogP contribution in [0.4, 0.5) is 0 Å². The van der Waals surface area contributed by atoms with Crippen LogP contribution in [0.15, 0.2) is 4.41 Å². The molecule has 0 aromatic heterocycles. The second-order valence-electron chi connectivity index (χ2n) is 5.22. The Bertz CT molecular complexity index is 277. The summed E-state index contributed by atoms with van der Waals surface area (Å²) in [7, 11) is 0.309. The van der Waals surface area contributed by atoms with Gasteiger partial charge in [-0.1, -0.05) is 0 Å². The molecule has 0 aliphatic heterocycles. The summed E-state index contributed by atoms with van der Waals surface area (Å²) in [6.07, 6.45) is 0. The first-order chi connectivity index (χ1) is 9.89. The molecule has 0 saturated carbocycles. The summed E-state index contributed by atoms with van der Waals surface area (Å²) >= 11 is 0. The minimum absolute atomic E-state index is 0.373. The molecular weight excluding hydrogens is 313 g/mol. The molecule has 0 aliphatic rings. The molecule has 0 aliphatic carbocycles. The van der Waals surface area contributed by atoms with Gasteiger partial charge >= 0.3 is 7.74 Å². The molecule has 0 aromatic rings. The molecular formula is C12H30NO6PSi. The van der Waals surface area contributed by atoms with Gasteiger partial charge in [0.1, 0.15) is 0 Å². The van der Waals surface area contributed by atoms with E-state index in [1.54, 1.807) is 21.3 Å². The van der Waals surface area contributed by atoms with Crippen LogP contribution in [0.3, 0.4) is 0 Å². The highest BCUT2D eigenvalue weighted by Crippen LogP contribution is 2.54. The van der Waals surface area contributed by atoms with Crippen LogP contribution >= 0.6 is 7.74 Å². The van der Waals surface area contributed by atoms with Crippen molar-refractivity contribution in [2.24, 2.45) is 4.41 Å². The van der Waals surface area contributed by atoms with Gasteiger partial charge in [-0.3, -0.25) is 4.41 Å². The zero-order chi connectivity index (χ0) is 16.2. The van der Waals surface area contributed by atoms with Crippen molar-refractivity contribution in [2.45, 2.75) is 19.6 Å². The zero-order valence-electron chi connectivity index (χ0n) is 14.1. The third-order valence-electron chi connectivity index (χ3n) is 2.05. The van der Waals surface area contributed by atoms with E-state index >= 15 is 0 Å². The van der Waals surface area contributed by atoms with Crippen molar-refractivity contribution in [3.05, 3.63) is 0 Å². The molecule has 128 valence electrons. The highest BCUT2D eigenvalue weighted by atomic mass is 31.2. The molecule has 0 rings (SSSR count). The Labute approximate surface area is 129 Å². The van der Waals surface area contributed by atoms with Crippen molar-refractivity contribution in [1.29, 1.82) is 0 Å². The molecule has 21 heavy (non-hydrogen) atoms. The van der Waals surface area contributed by atoms with Crippen LogP contribution in [-0.2, 0) is 27.8 Å². The van der Waals surface area contributed by atoms with E-state index in [2.05, 4.69) is 19.6 Å². The van der Waals surface area contributed by atoms with Crippen LogP contribution in [0.5, 0.6) is 0 Å². The first-order valence-corrected chi connectivity index (χ1v) is 11.9. The fourth-order valence-corrected chi connectivity index (χ4v) is 6.05. The van der Waals surface area contributed by atoms with Crippen LogP contribution in [0.25, 0.3) is 0 Å². The first kappa shape index (κ1) is 21.2. The van der Waals surface area contributed by atoms with Gasteiger partial charge < -0.3 is 27.8 Å². The maximum absolute atomic E-state index is 5.84. The average molecular weight is 343 g/mol. The van der Waals surface area contributed by atoms with Crippen molar-refractivity contribution < 1.29 is 27.8 Å². The third-order valence-corrected chi connectivity index (χ3v) is 6.95. The monoisotopic (exact) mass is 343 g/mol. The van der Waals surface area contributed by atoms with Crippen molar-refractivity contribution in [2.75, 3.05) is 61.0 Å². The normalized spacial score (nSPS) is 12.7. The van der Waals surface area contributed by atoms with Gasteiger partial charge in [-0.15, -0.1) is 0 Å². The molecule has 0 fully saturated rings. The van der Waals surface area contributed by atoms with Gasteiger partial charge in [-0.2, -0.15) is 0 Å². The van der Waals surface area contributed by atoms with E-state index in [0.29, 0.717) is 39.6 Å². The highest BCUT2D eigenvalue weighted by Gasteiger charge is 2.28. The van der Waals surface area contributed by atoms with Crippen molar-refractivity contribution in [3.63, 3.8) is 0 Å². The van der Waals surface area contributed by atoms with E-state index in [1.165, 1.54) is 0 Å². The number of hydrogen-bond acceptors (Lipinski definition) is 7. The van der Waals surface area contributed by atoms with E-state index < -0.39 is 16.0 Å². The van der Waals surface area contributed by atoms with Gasteiger partial charge in [0.2, 0.25) is 0 Å². The largest absolute Gasteiger partial charge is 0.382 e. The minimum atomic E-state index is -2.76. The quantitative estimate of drug-likeness (QED) is 0.291. The fraction of sp³-hybridized carbons (Fsp3) is 1.00. The smallest absolute Gasteiger partial charge is 0.346 e. The summed E-state index contributed by atoms with van der Waals surface area (Å²) in [6.45, 7) is 8.84. The van der Waals surface area contributed by atoms with Crippen LogP contribution in [-0.4, -0.2) is 69.2 Å².